The maximum absolute atomic E-state index is 11.9. The first kappa shape index (κ1) is 13.2. The molecule has 3 aliphatic heterocycles. The van der Waals surface area contributed by atoms with Crippen LogP contribution in [0.5, 0.6) is 0 Å². The Morgan fingerprint density at radius 2 is 2.40 bits per heavy atom. The molecule has 4 rings (SSSR count). The van der Waals surface area contributed by atoms with Gasteiger partial charge in [0.05, 0.1) is 6.04 Å². The molecular weight excluding hydrogens is 270 g/mol. The van der Waals surface area contributed by atoms with Crippen molar-refractivity contribution < 1.29 is 9.53 Å². The van der Waals surface area contributed by atoms with E-state index >= 15 is 0 Å². The SMILES string of the molecule is CCCSC1CC2=CC(=O)OC23CC1N1CCCCC13. The summed E-state index contributed by atoms with van der Waals surface area (Å²) in [6.45, 7) is 3.45. The Balaban J connectivity index is 1.68. The van der Waals surface area contributed by atoms with Crippen molar-refractivity contribution in [2.45, 2.75) is 68.4 Å². The number of piperidine rings is 1. The van der Waals surface area contributed by atoms with Crippen molar-refractivity contribution in [1.82, 2.24) is 4.90 Å². The largest absolute Gasteiger partial charge is 0.450 e. The Hall–Kier alpha value is -0.480. The maximum Gasteiger partial charge on any atom is 0.331 e. The van der Waals surface area contributed by atoms with Crippen LogP contribution in [-0.4, -0.2) is 46.1 Å². The second-order valence-corrected chi connectivity index (χ2v) is 7.96. The number of thioether (sulfide) groups is 1. The molecule has 110 valence electrons. The van der Waals surface area contributed by atoms with E-state index in [9.17, 15) is 4.79 Å². The van der Waals surface area contributed by atoms with Gasteiger partial charge >= 0.3 is 5.97 Å². The zero-order chi connectivity index (χ0) is 13.7. The molecule has 2 bridgehead atoms. The Kier molecular flexibility index (Phi) is 3.15. The molecular formula is C16H23NO2S. The highest BCUT2D eigenvalue weighted by Crippen LogP contribution is 2.55. The Morgan fingerprint density at radius 1 is 1.50 bits per heavy atom. The summed E-state index contributed by atoms with van der Waals surface area (Å²) < 4.78 is 5.88. The molecule has 20 heavy (non-hydrogen) atoms. The minimum absolute atomic E-state index is 0.0904. The first-order valence-corrected chi connectivity index (χ1v) is 9.11. The minimum Gasteiger partial charge on any atom is -0.450 e. The molecule has 0 amide bonds. The monoisotopic (exact) mass is 293 g/mol. The van der Waals surface area contributed by atoms with Crippen LogP contribution in [0.4, 0.5) is 0 Å². The summed E-state index contributed by atoms with van der Waals surface area (Å²) in [5, 5.41) is 0.659. The van der Waals surface area contributed by atoms with Crippen molar-refractivity contribution in [2.24, 2.45) is 0 Å². The molecule has 1 aliphatic carbocycles. The standard InChI is InChI=1S/C16H23NO2S/c1-2-7-20-13-8-11-9-15(18)19-16(11)10-12(13)17-6-4-3-5-14(16)17/h9,12-14H,2-8,10H2,1H3. The molecule has 3 fully saturated rings. The molecule has 0 radical (unpaired) electrons. The van der Waals surface area contributed by atoms with Gasteiger partial charge in [0, 0.05) is 23.8 Å². The summed E-state index contributed by atoms with van der Waals surface area (Å²) in [4.78, 5) is 14.6. The van der Waals surface area contributed by atoms with Crippen LogP contribution < -0.4 is 0 Å². The fourth-order valence-corrected chi connectivity index (χ4v) is 6.09. The van der Waals surface area contributed by atoms with Crippen molar-refractivity contribution in [3.05, 3.63) is 11.6 Å². The Labute approximate surface area is 125 Å². The summed E-state index contributed by atoms with van der Waals surface area (Å²) in [6.07, 6.45) is 8.95. The van der Waals surface area contributed by atoms with Crippen molar-refractivity contribution in [3.63, 3.8) is 0 Å². The van der Waals surface area contributed by atoms with E-state index in [1.165, 1.54) is 43.6 Å². The predicted octanol–water partition coefficient (Wildman–Crippen LogP) is 2.75. The van der Waals surface area contributed by atoms with Crippen LogP contribution in [0.15, 0.2) is 11.6 Å². The molecule has 1 saturated carbocycles. The zero-order valence-electron chi connectivity index (χ0n) is 12.1. The lowest BCUT2D eigenvalue weighted by atomic mass is 9.77. The highest BCUT2D eigenvalue weighted by atomic mass is 32.2. The van der Waals surface area contributed by atoms with Gasteiger partial charge in [-0.3, -0.25) is 4.90 Å². The number of rotatable bonds is 3. The molecule has 4 unspecified atom stereocenters. The number of fused-ring (bicyclic) bond motifs is 3. The summed E-state index contributed by atoms with van der Waals surface area (Å²) >= 11 is 2.11. The van der Waals surface area contributed by atoms with Crippen molar-refractivity contribution in [2.75, 3.05) is 12.3 Å². The van der Waals surface area contributed by atoms with Crippen LogP contribution in [0, 0.1) is 0 Å². The predicted molar refractivity (Wildman–Crippen MR) is 80.8 cm³/mol. The van der Waals surface area contributed by atoms with Crippen LogP contribution in [0.1, 0.15) is 45.4 Å². The van der Waals surface area contributed by atoms with Gasteiger partial charge in [0.15, 0.2) is 5.60 Å². The van der Waals surface area contributed by atoms with Gasteiger partial charge in [0.1, 0.15) is 0 Å². The number of hydrogen-bond acceptors (Lipinski definition) is 4. The van der Waals surface area contributed by atoms with Gasteiger partial charge in [0.25, 0.3) is 0 Å². The van der Waals surface area contributed by atoms with Crippen LogP contribution in [0.2, 0.25) is 0 Å². The first-order valence-electron chi connectivity index (χ1n) is 8.06. The number of carbonyl (C=O) groups is 1. The number of carbonyl (C=O) groups excluding carboxylic acids is 1. The third-order valence-corrected chi connectivity index (χ3v) is 7.08. The summed E-state index contributed by atoms with van der Waals surface area (Å²) in [5.74, 6) is 1.14. The van der Waals surface area contributed by atoms with Crippen LogP contribution in [-0.2, 0) is 9.53 Å². The number of nitrogens with zero attached hydrogens (tertiary/aromatic N) is 1. The molecule has 4 atom stereocenters. The molecule has 0 aromatic rings. The van der Waals surface area contributed by atoms with Gasteiger partial charge in [-0.15, -0.1) is 0 Å². The zero-order valence-corrected chi connectivity index (χ0v) is 13.0. The molecule has 2 saturated heterocycles. The first-order chi connectivity index (χ1) is 9.74. The lowest BCUT2D eigenvalue weighted by Gasteiger charge is -2.38. The van der Waals surface area contributed by atoms with Gasteiger partial charge in [-0.25, -0.2) is 4.79 Å². The average Bonchev–Trinajstić information content (AvgIpc) is 2.93. The number of ether oxygens (including phenoxy) is 1. The highest BCUT2D eigenvalue weighted by Gasteiger charge is 2.63. The fourth-order valence-electron chi connectivity index (χ4n) is 4.78. The van der Waals surface area contributed by atoms with E-state index in [-0.39, 0.29) is 11.6 Å². The quantitative estimate of drug-likeness (QED) is 0.748. The topological polar surface area (TPSA) is 29.5 Å². The molecule has 1 spiro atoms. The second kappa shape index (κ2) is 4.77. The van der Waals surface area contributed by atoms with Crippen LogP contribution >= 0.6 is 11.8 Å². The lowest BCUT2D eigenvalue weighted by Crippen LogP contribution is -2.48. The van der Waals surface area contributed by atoms with Crippen molar-refractivity contribution in [1.29, 1.82) is 0 Å². The average molecular weight is 293 g/mol. The molecule has 0 aromatic carbocycles. The summed E-state index contributed by atoms with van der Waals surface area (Å²) in [7, 11) is 0. The highest BCUT2D eigenvalue weighted by molar-refractivity contribution is 7.99. The number of esters is 1. The summed E-state index contributed by atoms with van der Waals surface area (Å²) in [5.41, 5.74) is 1.08. The Morgan fingerprint density at radius 3 is 3.25 bits per heavy atom. The third-order valence-electron chi connectivity index (χ3n) is 5.53. The molecule has 3 nitrogen and oxygen atoms in total. The molecule has 4 aliphatic rings. The third kappa shape index (κ3) is 1.73. The van der Waals surface area contributed by atoms with E-state index in [0.29, 0.717) is 17.3 Å². The fraction of sp³-hybridized carbons (Fsp3) is 0.812. The van der Waals surface area contributed by atoms with Crippen molar-refractivity contribution in [3.8, 4) is 0 Å². The van der Waals surface area contributed by atoms with E-state index in [0.717, 1.165) is 12.8 Å². The lowest BCUT2D eigenvalue weighted by molar-refractivity contribution is -0.148. The van der Waals surface area contributed by atoms with E-state index < -0.39 is 0 Å². The van der Waals surface area contributed by atoms with E-state index in [2.05, 4.69) is 23.6 Å². The number of hydrogen-bond donors (Lipinski definition) is 0. The smallest absolute Gasteiger partial charge is 0.331 e. The van der Waals surface area contributed by atoms with Crippen LogP contribution in [0.25, 0.3) is 0 Å². The van der Waals surface area contributed by atoms with Gasteiger partial charge in [-0.2, -0.15) is 11.8 Å². The Bertz CT molecular complexity index is 463. The molecule has 0 aromatic heterocycles. The van der Waals surface area contributed by atoms with Gasteiger partial charge in [-0.05, 0) is 43.6 Å². The normalized spacial score (nSPS) is 43.0. The van der Waals surface area contributed by atoms with Gasteiger partial charge in [0.2, 0.25) is 0 Å². The summed E-state index contributed by atoms with van der Waals surface area (Å²) in [6, 6.07) is 1.09. The maximum atomic E-state index is 11.9. The van der Waals surface area contributed by atoms with E-state index in [4.69, 9.17) is 4.74 Å². The minimum atomic E-state index is -0.231. The van der Waals surface area contributed by atoms with Gasteiger partial charge in [-0.1, -0.05) is 13.3 Å². The second-order valence-electron chi connectivity index (χ2n) is 6.61. The molecule has 3 heterocycles. The molecule has 0 N–H and O–H groups in total. The van der Waals surface area contributed by atoms with E-state index in [1.54, 1.807) is 0 Å². The molecule has 4 heteroatoms. The van der Waals surface area contributed by atoms with Crippen molar-refractivity contribution >= 4 is 17.7 Å². The van der Waals surface area contributed by atoms with Crippen LogP contribution in [0.3, 0.4) is 0 Å². The van der Waals surface area contributed by atoms with E-state index in [1.807, 2.05) is 6.08 Å². The van der Waals surface area contributed by atoms with Gasteiger partial charge < -0.3 is 4.74 Å².